The van der Waals surface area contributed by atoms with Gasteiger partial charge in [0.2, 0.25) is 0 Å². The second-order valence-electron chi connectivity index (χ2n) is 3.49. The van der Waals surface area contributed by atoms with Crippen LogP contribution in [-0.2, 0) is 0 Å². The molecule has 0 aromatic carbocycles. The highest BCUT2D eigenvalue weighted by Crippen LogP contribution is 2.28. The van der Waals surface area contributed by atoms with Gasteiger partial charge in [-0.3, -0.25) is 0 Å². The van der Waals surface area contributed by atoms with Crippen molar-refractivity contribution in [2.45, 2.75) is 63.1 Å². The topological polar surface area (TPSA) is 0 Å². The fourth-order valence-corrected chi connectivity index (χ4v) is 1.56. The standard InChI is InChI=1S/C10H19BrF2/c1-2-3-4-5-6-7-8-9-10(11,12)13/h2-9H2,1H3. The van der Waals surface area contributed by atoms with Crippen LogP contribution in [0, 0.1) is 0 Å². The fraction of sp³-hybridized carbons (Fsp3) is 1.00. The van der Waals surface area contributed by atoms with Crippen molar-refractivity contribution in [3.63, 3.8) is 0 Å². The molecule has 0 amide bonds. The molecule has 0 saturated heterocycles. The number of unbranched alkanes of at least 4 members (excludes halogenated alkanes) is 6. The zero-order chi connectivity index (χ0) is 10.2. The van der Waals surface area contributed by atoms with Crippen LogP contribution in [0.25, 0.3) is 0 Å². The van der Waals surface area contributed by atoms with Crippen LogP contribution >= 0.6 is 15.9 Å². The number of halogens is 3. The molecule has 0 aromatic rings. The Labute approximate surface area is 88.2 Å². The maximum absolute atomic E-state index is 12.3. The van der Waals surface area contributed by atoms with Crippen LogP contribution < -0.4 is 0 Å². The van der Waals surface area contributed by atoms with Gasteiger partial charge < -0.3 is 0 Å². The number of alkyl halides is 3. The Bertz CT molecular complexity index is 110. The zero-order valence-electron chi connectivity index (χ0n) is 8.29. The highest BCUT2D eigenvalue weighted by Gasteiger charge is 2.22. The molecule has 0 unspecified atom stereocenters. The van der Waals surface area contributed by atoms with Crippen molar-refractivity contribution in [1.82, 2.24) is 0 Å². The Hall–Kier alpha value is 0.340. The Balaban J connectivity index is 3.00. The second kappa shape index (κ2) is 7.72. The summed E-state index contributed by atoms with van der Waals surface area (Å²) in [4.78, 5) is -2.64. The largest absolute Gasteiger partial charge is 0.301 e. The van der Waals surface area contributed by atoms with Crippen LogP contribution in [0.4, 0.5) is 8.78 Å². The van der Waals surface area contributed by atoms with Crippen LogP contribution in [0.3, 0.4) is 0 Å². The quantitative estimate of drug-likeness (QED) is 0.418. The van der Waals surface area contributed by atoms with Crippen LogP contribution in [0.15, 0.2) is 0 Å². The summed E-state index contributed by atoms with van der Waals surface area (Å²) in [5.74, 6) is 0. The molecule has 3 heteroatoms. The van der Waals surface area contributed by atoms with Crippen LogP contribution in [-0.4, -0.2) is 4.83 Å². The van der Waals surface area contributed by atoms with Crippen molar-refractivity contribution in [3.8, 4) is 0 Å². The number of hydrogen-bond acceptors (Lipinski definition) is 0. The summed E-state index contributed by atoms with van der Waals surface area (Å²) in [5.41, 5.74) is 0. The van der Waals surface area contributed by atoms with E-state index < -0.39 is 4.83 Å². The van der Waals surface area contributed by atoms with Gasteiger partial charge in [-0.2, -0.15) is 8.78 Å². The van der Waals surface area contributed by atoms with E-state index in [2.05, 4.69) is 22.9 Å². The highest BCUT2D eigenvalue weighted by molar-refractivity contribution is 9.09. The summed E-state index contributed by atoms with van der Waals surface area (Å²) in [7, 11) is 0. The first kappa shape index (κ1) is 13.3. The highest BCUT2D eigenvalue weighted by atomic mass is 79.9. The van der Waals surface area contributed by atoms with E-state index >= 15 is 0 Å². The van der Waals surface area contributed by atoms with Crippen LogP contribution in [0.2, 0.25) is 0 Å². The zero-order valence-corrected chi connectivity index (χ0v) is 9.88. The molecule has 0 nitrogen and oxygen atoms in total. The first-order valence-electron chi connectivity index (χ1n) is 5.13. The molecule has 0 radical (unpaired) electrons. The average molecular weight is 257 g/mol. The molecular weight excluding hydrogens is 238 g/mol. The summed E-state index contributed by atoms with van der Waals surface area (Å²) in [5, 5.41) is 0. The SMILES string of the molecule is CCCCCCCCCC(F)(F)Br. The van der Waals surface area contributed by atoms with Gasteiger partial charge in [-0.25, -0.2) is 0 Å². The lowest BCUT2D eigenvalue weighted by Gasteiger charge is -2.06. The smallest absolute Gasteiger partial charge is 0.194 e. The van der Waals surface area contributed by atoms with Gasteiger partial charge in [0.15, 0.2) is 0 Å². The lowest BCUT2D eigenvalue weighted by atomic mass is 10.1. The van der Waals surface area contributed by atoms with Crippen molar-refractivity contribution in [2.75, 3.05) is 0 Å². The molecule has 13 heavy (non-hydrogen) atoms. The van der Waals surface area contributed by atoms with E-state index in [0.717, 1.165) is 12.8 Å². The lowest BCUT2D eigenvalue weighted by molar-refractivity contribution is 0.101. The molecule has 0 aliphatic rings. The maximum atomic E-state index is 12.3. The van der Waals surface area contributed by atoms with E-state index in [1.54, 1.807) is 0 Å². The molecule has 0 atom stereocenters. The van der Waals surface area contributed by atoms with Crippen molar-refractivity contribution >= 4 is 15.9 Å². The lowest BCUT2D eigenvalue weighted by Crippen LogP contribution is -2.03. The minimum Gasteiger partial charge on any atom is -0.194 e. The molecular formula is C10H19BrF2. The Morgan fingerprint density at radius 1 is 0.923 bits per heavy atom. The van der Waals surface area contributed by atoms with Crippen molar-refractivity contribution < 1.29 is 8.78 Å². The summed E-state index contributed by atoms with van der Waals surface area (Å²) in [6, 6.07) is 0. The molecule has 0 heterocycles. The molecule has 0 spiro atoms. The third kappa shape index (κ3) is 12.3. The Morgan fingerprint density at radius 2 is 1.38 bits per heavy atom. The van der Waals surface area contributed by atoms with Crippen LogP contribution in [0.5, 0.6) is 0 Å². The molecule has 0 aliphatic heterocycles. The van der Waals surface area contributed by atoms with Crippen molar-refractivity contribution in [3.05, 3.63) is 0 Å². The summed E-state index contributed by atoms with van der Waals surface area (Å²) < 4.78 is 24.5. The summed E-state index contributed by atoms with van der Waals surface area (Å²) >= 11 is 2.34. The van der Waals surface area contributed by atoms with Gasteiger partial charge in [-0.05, 0) is 22.4 Å². The molecule has 0 aliphatic carbocycles. The molecule has 0 rings (SSSR count). The van der Waals surface area contributed by atoms with Gasteiger partial charge in [-0.15, -0.1) is 0 Å². The average Bonchev–Trinajstić information content (AvgIpc) is 2.01. The molecule has 0 bridgehead atoms. The fourth-order valence-electron chi connectivity index (χ4n) is 1.28. The van der Waals surface area contributed by atoms with Crippen molar-refractivity contribution in [1.29, 1.82) is 0 Å². The maximum Gasteiger partial charge on any atom is 0.301 e. The third-order valence-corrected chi connectivity index (χ3v) is 2.46. The Kier molecular flexibility index (Phi) is 7.92. The van der Waals surface area contributed by atoms with E-state index in [0.29, 0.717) is 6.42 Å². The monoisotopic (exact) mass is 256 g/mol. The van der Waals surface area contributed by atoms with E-state index in [-0.39, 0.29) is 6.42 Å². The van der Waals surface area contributed by atoms with Gasteiger partial charge >= 0.3 is 4.83 Å². The van der Waals surface area contributed by atoms with E-state index in [4.69, 9.17) is 0 Å². The predicted octanol–water partition coefficient (Wildman–Crippen LogP) is 5.11. The van der Waals surface area contributed by atoms with Crippen molar-refractivity contribution in [2.24, 2.45) is 0 Å². The molecule has 0 fully saturated rings. The van der Waals surface area contributed by atoms with E-state index in [1.165, 1.54) is 25.7 Å². The minimum atomic E-state index is -2.64. The second-order valence-corrected chi connectivity index (χ2v) is 4.65. The van der Waals surface area contributed by atoms with Gasteiger partial charge in [0.25, 0.3) is 0 Å². The van der Waals surface area contributed by atoms with Crippen LogP contribution in [0.1, 0.15) is 58.3 Å². The minimum absolute atomic E-state index is 0.0270. The summed E-state index contributed by atoms with van der Waals surface area (Å²) in [6.45, 7) is 2.17. The third-order valence-electron chi connectivity index (χ3n) is 2.06. The Morgan fingerprint density at radius 3 is 1.85 bits per heavy atom. The first-order chi connectivity index (χ1) is 6.06. The number of rotatable bonds is 8. The van der Waals surface area contributed by atoms with E-state index in [9.17, 15) is 8.78 Å². The van der Waals surface area contributed by atoms with E-state index in [1.807, 2.05) is 0 Å². The van der Waals surface area contributed by atoms with Gasteiger partial charge in [0, 0.05) is 6.42 Å². The first-order valence-corrected chi connectivity index (χ1v) is 5.92. The van der Waals surface area contributed by atoms with Gasteiger partial charge in [0.05, 0.1) is 0 Å². The molecule has 0 aromatic heterocycles. The van der Waals surface area contributed by atoms with Gasteiger partial charge in [0.1, 0.15) is 0 Å². The molecule has 0 saturated carbocycles. The summed E-state index contributed by atoms with van der Waals surface area (Å²) in [6.07, 6.45) is 7.59. The number of hydrogen-bond donors (Lipinski definition) is 0. The van der Waals surface area contributed by atoms with Gasteiger partial charge in [-0.1, -0.05) is 45.4 Å². The molecule has 0 N–H and O–H groups in total. The molecule has 80 valence electrons. The predicted molar refractivity (Wildman–Crippen MR) is 56.5 cm³/mol. The normalized spacial score (nSPS) is 12.0.